The van der Waals surface area contributed by atoms with Crippen LogP contribution in [0.1, 0.15) is 36.9 Å². The van der Waals surface area contributed by atoms with Gasteiger partial charge in [-0.2, -0.15) is 0 Å². The van der Waals surface area contributed by atoms with Crippen molar-refractivity contribution in [3.8, 4) is 17.2 Å². The first-order chi connectivity index (χ1) is 16.3. The van der Waals surface area contributed by atoms with E-state index in [9.17, 15) is 19.8 Å². The number of ketones is 1. The Labute approximate surface area is 200 Å². The van der Waals surface area contributed by atoms with E-state index < -0.39 is 17.7 Å². The highest BCUT2D eigenvalue weighted by molar-refractivity contribution is 6.46. The molecule has 34 heavy (non-hydrogen) atoms. The largest absolute Gasteiger partial charge is 0.507 e. The summed E-state index contributed by atoms with van der Waals surface area (Å²) in [6, 6.07) is 10.6. The van der Waals surface area contributed by atoms with E-state index in [1.165, 1.54) is 18.1 Å². The quantitative estimate of drug-likeness (QED) is 0.238. The molecule has 0 unspecified atom stereocenters. The van der Waals surface area contributed by atoms with E-state index in [2.05, 4.69) is 6.92 Å². The molecule has 1 atom stereocenters. The van der Waals surface area contributed by atoms with Crippen molar-refractivity contribution in [2.45, 2.75) is 25.8 Å². The Balaban J connectivity index is 2.05. The van der Waals surface area contributed by atoms with Crippen LogP contribution in [0.3, 0.4) is 0 Å². The van der Waals surface area contributed by atoms with E-state index in [4.69, 9.17) is 9.47 Å². The maximum Gasteiger partial charge on any atom is 0.295 e. The third-order valence-electron chi connectivity index (χ3n) is 5.74. The van der Waals surface area contributed by atoms with Crippen LogP contribution in [0.4, 0.5) is 0 Å². The number of likely N-dealkylation sites (tertiary alicyclic amines) is 1. The summed E-state index contributed by atoms with van der Waals surface area (Å²) in [4.78, 5) is 29.4. The third-order valence-corrected chi connectivity index (χ3v) is 5.74. The summed E-state index contributed by atoms with van der Waals surface area (Å²) in [6.45, 7) is 3.50. The molecular weight excluding hydrogens is 436 g/mol. The molecule has 0 aliphatic carbocycles. The number of hydrogen-bond donors (Lipinski definition) is 2. The summed E-state index contributed by atoms with van der Waals surface area (Å²) in [6.07, 6.45) is 1.96. The number of nitrogens with zero attached hydrogens (tertiary/aromatic N) is 2. The first-order valence-corrected chi connectivity index (χ1v) is 11.3. The zero-order valence-corrected chi connectivity index (χ0v) is 20.1. The normalized spacial score (nSPS) is 17.4. The number of hydrogen-bond acceptors (Lipinski definition) is 7. The fraction of sp³-hybridized carbons (Fsp3) is 0.385. The smallest absolute Gasteiger partial charge is 0.295 e. The van der Waals surface area contributed by atoms with Crippen LogP contribution in [0.2, 0.25) is 0 Å². The van der Waals surface area contributed by atoms with Crippen LogP contribution in [0.5, 0.6) is 17.2 Å². The van der Waals surface area contributed by atoms with Crippen molar-refractivity contribution in [2.75, 3.05) is 40.9 Å². The predicted molar refractivity (Wildman–Crippen MR) is 129 cm³/mol. The number of aliphatic hydroxyl groups is 1. The number of likely N-dealkylation sites (N-methyl/N-ethyl adjacent to an activating group) is 1. The summed E-state index contributed by atoms with van der Waals surface area (Å²) in [5.74, 6) is -0.880. The van der Waals surface area contributed by atoms with Gasteiger partial charge in [-0.25, -0.2) is 0 Å². The summed E-state index contributed by atoms with van der Waals surface area (Å²) in [5, 5.41) is 21.2. The molecule has 1 saturated heterocycles. The number of Topliss-reactive ketones (excluding diaryl/α,β-unsaturated/α-hetero) is 1. The molecular formula is C26H32N2O6. The molecule has 0 saturated carbocycles. The van der Waals surface area contributed by atoms with Crippen LogP contribution in [0.25, 0.3) is 5.76 Å². The first-order valence-electron chi connectivity index (χ1n) is 11.3. The summed E-state index contributed by atoms with van der Waals surface area (Å²) in [7, 11) is 5.17. The van der Waals surface area contributed by atoms with E-state index in [1.807, 2.05) is 19.0 Å². The number of methoxy groups -OCH3 is 1. The number of carbonyl (C=O) groups is 2. The van der Waals surface area contributed by atoms with E-state index in [-0.39, 0.29) is 29.4 Å². The molecule has 2 aromatic rings. The van der Waals surface area contributed by atoms with Gasteiger partial charge in [0.05, 0.1) is 25.3 Å². The van der Waals surface area contributed by atoms with Crippen LogP contribution >= 0.6 is 0 Å². The second-order valence-corrected chi connectivity index (χ2v) is 8.45. The molecule has 8 nitrogen and oxygen atoms in total. The van der Waals surface area contributed by atoms with Gasteiger partial charge >= 0.3 is 0 Å². The van der Waals surface area contributed by atoms with Gasteiger partial charge in [0.15, 0.2) is 11.5 Å². The topological polar surface area (TPSA) is 99.5 Å². The maximum absolute atomic E-state index is 13.1. The molecule has 0 spiro atoms. The Hall–Kier alpha value is -3.52. The summed E-state index contributed by atoms with van der Waals surface area (Å²) >= 11 is 0. The van der Waals surface area contributed by atoms with E-state index >= 15 is 0 Å². The third kappa shape index (κ3) is 5.34. The lowest BCUT2D eigenvalue weighted by molar-refractivity contribution is -0.140. The second-order valence-electron chi connectivity index (χ2n) is 8.45. The average molecular weight is 469 g/mol. The van der Waals surface area contributed by atoms with Crippen LogP contribution in [-0.2, 0) is 9.59 Å². The van der Waals surface area contributed by atoms with Gasteiger partial charge in [-0.3, -0.25) is 9.59 Å². The van der Waals surface area contributed by atoms with Crippen molar-refractivity contribution in [3.05, 3.63) is 59.2 Å². The number of carbonyl (C=O) groups excluding carboxylic acids is 2. The molecule has 2 aromatic carbocycles. The van der Waals surface area contributed by atoms with Crippen molar-refractivity contribution in [2.24, 2.45) is 0 Å². The minimum Gasteiger partial charge on any atom is -0.507 e. The molecule has 0 aromatic heterocycles. The number of amides is 1. The number of unbranched alkanes of at least 4 members (excludes halogenated alkanes) is 1. The molecule has 2 N–H and O–H groups in total. The number of aliphatic hydroxyl groups excluding tert-OH is 1. The van der Waals surface area contributed by atoms with E-state index in [0.29, 0.717) is 30.0 Å². The Bertz CT molecular complexity index is 1060. The average Bonchev–Trinajstić information content (AvgIpc) is 3.08. The molecule has 8 heteroatoms. The minimum absolute atomic E-state index is 0.00356. The molecule has 1 aliphatic rings. The number of rotatable bonds is 10. The molecule has 1 amide bonds. The van der Waals surface area contributed by atoms with Crippen LogP contribution in [-0.4, -0.2) is 72.6 Å². The van der Waals surface area contributed by atoms with Crippen LogP contribution in [0.15, 0.2) is 48.0 Å². The van der Waals surface area contributed by atoms with Crippen molar-refractivity contribution in [3.63, 3.8) is 0 Å². The number of benzene rings is 2. The number of aromatic hydroxyl groups is 1. The minimum atomic E-state index is -0.824. The Morgan fingerprint density at radius 3 is 2.44 bits per heavy atom. The second kappa shape index (κ2) is 11.1. The number of phenolic OH excluding ortho intramolecular Hbond substituents is 1. The maximum atomic E-state index is 13.1. The Morgan fingerprint density at radius 2 is 1.82 bits per heavy atom. The SMILES string of the molecule is CCCCOc1ccc(/C(O)=C2\C(=O)C(=O)N(CCN(C)C)[C@@H]2c2ccc(O)c(OC)c2)cc1. The highest BCUT2D eigenvalue weighted by Gasteiger charge is 2.46. The van der Waals surface area contributed by atoms with Gasteiger partial charge in [0.1, 0.15) is 11.5 Å². The van der Waals surface area contributed by atoms with Gasteiger partial charge < -0.3 is 29.5 Å². The monoisotopic (exact) mass is 468 g/mol. The fourth-order valence-electron chi connectivity index (χ4n) is 3.83. The molecule has 1 fully saturated rings. The molecule has 0 radical (unpaired) electrons. The lowest BCUT2D eigenvalue weighted by Crippen LogP contribution is -2.35. The lowest BCUT2D eigenvalue weighted by Gasteiger charge is -2.27. The van der Waals surface area contributed by atoms with E-state index in [0.717, 1.165) is 12.8 Å². The Kier molecular flexibility index (Phi) is 8.17. The van der Waals surface area contributed by atoms with Gasteiger partial charge in [0.2, 0.25) is 0 Å². The van der Waals surface area contributed by atoms with Gasteiger partial charge in [-0.15, -0.1) is 0 Å². The fourth-order valence-corrected chi connectivity index (χ4v) is 3.83. The lowest BCUT2D eigenvalue weighted by atomic mass is 9.95. The highest BCUT2D eigenvalue weighted by Crippen LogP contribution is 2.41. The van der Waals surface area contributed by atoms with Crippen LogP contribution < -0.4 is 9.47 Å². The number of phenols is 1. The zero-order chi connectivity index (χ0) is 24.8. The van der Waals surface area contributed by atoms with Gasteiger partial charge in [-0.1, -0.05) is 19.4 Å². The zero-order valence-electron chi connectivity index (χ0n) is 20.1. The molecule has 1 heterocycles. The molecule has 1 aliphatic heterocycles. The van der Waals surface area contributed by atoms with Crippen molar-refractivity contribution < 1.29 is 29.3 Å². The van der Waals surface area contributed by atoms with E-state index in [1.54, 1.807) is 36.4 Å². The summed E-state index contributed by atoms with van der Waals surface area (Å²) in [5.41, 5.74) is 0.953. The predicted octanol–water partition coefficient (Wildman–Crippen LogP) is 3.56. The van der Waals surface area contributed by atoms with Gasteiger partial charge in [-0.05, 0) is 62.5 Å². The molecule has 0 bridgehead atoms. The van der Waals surface area contributed by atoms with Gasteiger partial charge in [0.25, 0.3) is 11.7 Å². The van der Waals surface area contributed by atoms with Crippen molar-refractivity contribution >= 4 is 17.4 Å². The van der Waals surface area contributed by atoms with Crippen molar-refractivity contribution in [1.29, 1.82) is 0 Å². The summed E-state index contributed by atoms with van der Waals surface area (Å²) < 4.78 is 10.9. The van der Waals surface area contributed by atoms with Crippen LogP contribution in [0, 0.1) is 0 Å². The van der Waals surface area contributed by atoms with Crippen molar-refractivity contribution in [1.82, 2.24) is 9.80 Å². The molecule has 3 rings (SSSR count). The first kappa shape index (κ1) is 25.1. The van der Waals surface area contributed by atoms with Gasteiger partial charge in [0, 0.05) is 18.7 Å². The Morgan fingerprint density at radius 1 is 1.12 bits per heavy atom. The number of ether oxygens (including phenoxy) is 2. The molecule has 182 valence electrons. The highest BCUT2D eigenvalue weighted by atomic mass is 16.5. The standard InChI is InChI=1S/C26H32N2O6/c1-5-6-15-34-19-10-7-17(8-11-19)24(30)22-23(18-9-12-20(29)21(16-18)33-4)28(14-13-27(2)3)26(32)25(22)31/h7-12,16,23,29-30H,5-6,13-15H2,1-4H3/b24-22+/t23-/m1/s1.